The second kappa shape index (κ2) is 6.53. The van der Waals surface area contributed by atoms with Crippen LogP contribution in [0.2, 0.25) is 0 Å². The molecule has 0 radical (unpaired) electrons. The number of piperidine rings is 1. The molecular weight excluding hydrogens is 232 g/mol. The van der Waals surface area contributed by atoms with Crippen molar-refractivity contribution in [2.75, 3.05) is 26.7 Å². The van der Waals surface area contributed by atoms with Gasteiger partial charge < -0.3 is 5.32 Å². The fourth-order valence-electron chi connectivity index (χ4n) is 2.77. The molecule has 1 N–H and O–H groups in total. The lowest BCUT2D eigenvalue weighted by molar-refractivity contribution is 0.127. The van der Waals surface area contributed by atoms with Gasteiger partial charge >= 0.3 is 0 Å². The van der Waals surface area contributed by atoms with Crippen LogP contribution in [-0.2, 0) is 13.0 Å². The molecule has 2 nitrogen and oxygen atoms in total. The number of hydrogen-bond acceptors (Lipinski definition) is 2. The van der Waals surface area contributed by atoms with Crippen molar-refractivity contribution in [1.29, 1.82) is 0 Å². The zero-order valence-corrected chi connectivity index (χ0v) is 12.7. The lowest BCUT2D eigenvalue weighted by Gasteiger charge is -2.37. The number of benzene rings is 1. The number of likely N-dealkylation sites (N-methyl/N-ethyl adjacent to an activating group) is 1. The Bertz CT molecular complexity index is 388. The van der Waals surface area contributed by atoms with Crippen molar-refractivity contribution in [3.8, 4) is 0 Å². The smallest absolute Gasteiger partial charge is 0.0236 e. The normalized spacial score (nSPS) is 19.5. The highest BCUT2D eigenvalue weighted by Crippen LogP contribution is 2.30. The molecule has 1 heterocycles. The number of nitrogens with zero attached hydrogens (tertiary/aromatic N) is 1. The fourth-order valence-corrected chi connectivity index (χ4v) is 2.77. The molecule has 0 aromatic heterocycles. The van der Waals surface area contributed by atoms with Crippen molar-refractivity contribution in [1.82, 2.24) is 10.2 Å². The minimum Gasteiger partial charge on any atom is -0.319 e. The molecule has 1 aliphatic rings. The van der Waals surface area contributed by atoms with Gasteiger partial charge in [-0.3, -0.25) is 4.90 Å². The summed E-state index contributed by atoms with van der Waals surface area (Å²) in [6.45, 7) is 9.46. The number of hydrogen-bond donors (Lipinski definition) is 1. The lowest BCUT2D eigenvalue weighted by atomic mass is 9.82. The number of rotatable bonds is 5. The molecule has 1 aliphatic heterocycles. The van der Waals surface area contributed by atoms with Crippen molar-refractivity contribution in [2.45, 2.75) is 39.7 Å². The van der Waals surface area contributed by atoms with E-state index >= 15 is 0 Å². The van der Waals surface area contributed by atoms with Gasteiger partial charge in [-0.2, -0.15) is 0 Å². The molecule has 0 unspecified atom stereocenters. The first-order chi connectivity index (χ1) is 9.11. The average Bonchev–Trinajstić information content (AvgIpc) is 2.40. The van der Waals surface area contributed by atoms with Crippen LogP contribution in [0, 0.1) is 5.41 Å². The van der Waals surface area contributed by atoms with Gasteiger partial charge in [0.05, 0.1) is 0 Å². The van der Waals surface area contributed by atoms with Crippen molar-refractivity contribution >= 4 is 0 Å². The SMILES string of the molecule is CNCCc1ccccc1CN1CCC(C)(C)CC1. The van der Waals surface area contributed by atoms with Gasteiger partial charge in [-0.15, -0.1) is 0 Å². The van der Waals surface area contributed by atoms with Crippen LogP contribution in [0.1, 0.15) is 37.8 Å². The van der Waals surface area contributed by atoms with Gasteiger partial charge in [0.2, 0.25) is 0 Å². The molecule has 1 aromatic carbocycles. The van der Waals surface area contributed by atoms with Gasteiger partial charge in [0.1, 0.15) is 0 Å². The van der Waals surface area contributed by atoms with Gasteiger partial charge in [0, 0.05) is 6.54 Å². The third-order valence-corrected chi connectivity index (χ3v) is 4.37. The lowest BCUT2D eigenvalue weighted by Crippen LogP contribution is -2.37. The van der Waals surface area contributed by atoms with Gasteiger partial charge in [0.15, 0.2) is 0 Å². The first-order valence-electron chi connectivity index (χ1n) is 7.54. The quantitative estimate of drug-likeness (QED) is 0.875. The summed E-state index contributed by atoms with van der Waals surface area (Å²) in [6, 6.07) is 8.91. The first-order valence-corrected chi connectivity index (χ1v) is 7.54. The third kappa shape index (κ3) is 4.32. The zero-order valence-electron chi connectivity index (χ0n) is 12.7. The Balaban J connectivity index is 1.95. The topological polar surface area (TPSA) is 15.3 Å². The van der Waals surface area contributed by atoms with Gasteiger partial charge in [-0.25, -0.2) is 0 Å². The van der Waals surface area contributed by atoms with E-state index in [0.717, 1.165) is 19.5 Å². The molecule has 0 spiro atoms. The summed E-state index contributed by atoms with van der Waals surface area (Å²) in [5.74, 6) is 0. The molecule has 2 rings (SSSR count). The molecule has 2 heteroatoms. The van der Waals surface area contributed by atoms with Crippen molar-refractivity contribution in [3.05, 3.63) is 35.4 Å². The van der Waals surface area contributed by atoms with E-state index in [1.54, 1.807) is 0 Å². The Morgan fingerprint density at radius 1 is 1.11 bits per heavy atom. The second-order valence-corrected chi connectivity index (χ2v) is 6.56. The van der Waals surface area contributed by atoms with E-state index in [1.807, 2.05) is 7.05 Å². The summed E-state index contributed by atoms with van der Waals surface area (Å²) in [4.78, 5) is 2.61. The van der Waals surface area contributed by atoms with Crippen LogP contribution in [0.25, 0.3) is 0 Å². The predicted molar refractivity (Wildman–Crippen MR) is 82.4 cm³/mol. The van der Waals surface area contributed by atoms with Crippen LogP contribution in [0.15, 0.2) is 24.3 Å². The molecule has 0 saturated carbocycles. The van der Waals surface area contributed by atoms with Crippen LogP contribution in [0.4, 0.5) is 0 Å². The third-order valence-electron chi connectivity index (χ3n) is 4.37. The Labute approximate surface area is 118 Å². The number of likely N-dealkylation sites (tertiary alicyclic amines) is 1. The summed E-state index contributed by atoms with van der Waals surface area (Å²) in [5.41, 5.74) is 3.56. The molecule has 19 heavy (non-hydrogen) atoms. The maximum absolute atomic E-state index is 3.24. The Morgan fingerprint density at radius 3 is 2.37 bits per heavy atom. The Hall–Kier alpha value is -0.860. The van der Waals surface area contributed by atoms with E-state index in [9.17, 15) is 0 Å². The minimum absolute atomic E-state index is 0.544. The Morgan fingerprint density at radius 2 is 1.74 bits per heavy atom. The fraction of sp³-hybridized carbons (Fsp3) is 0.647. The van der Waals surface area contributed by atoms with Gasteiger partial charge in [-0.05, 0) is 62.5 Å². The minimum atomic E-state index is 0.544. The summed E-state index contributed by atoms with van der Waals surface area (Å²) < 4.78 is 0. The van der Waals surface area contributed by atoms with E-state index < -0.39 is 0 Å². The molecular formula is C17H28N2. The van der Waals surface area contributed by atoms with E-state index in [-0.39, 0.29) is 0 Å². The summed E-state index contributed by atoms with van der Waals surface area (Å²) in [7, 11) is 2.02. The summed E-state index contributed by atoms with van der Waals surface area (Å²) >= 11 is 0. The van der Waals surface area contributed by atoms with Crippen LogP contribution in [-0.4, -0.2) is 31.6 Å². The van der Waals surface area contributed by atoms with E-state index in [0.29, 0.717) is 5.41 Å². The molecule has 1 saturated heterocycles. The van der Waals surface area contributed by atoms with E-state index in [2.05, 4.69) is 48.3 Å². The van der Waals surface area contributed by atoms with Crippen LogP contribution in [0.5, 0.6) is 0 Å². The van der Waals surface area contributed by atoms with Crippen LogP contribution >= 0.6 is 0 Å². The van der Waals surface area contributed by atoms with Crippen LogP contribution in [0.3, 0.4) is 0 Å². The molecule has 0 aliphatic carbocycles. The molecule has 1 aromatic rings. The molecule has 0 atom stereocenters. The highest BCUT2D eigenvalue weighted by Gasteiger charge is 2.25. The number of nitrogens with one attached hydrogen (secondary N) is 1. The molecule has 0 amide bonds. The standard InChI is InChI=1S/C17H28N2/c1-17(2)9-12-19(13-10-17)14-16-7-5-4-6-15(16)8-11-18-3/h4-7,18H,8-14H2,1-3H3. The maximum atomic E-state index is 3.24. The van der Waals surface area contributed by atoms with Gasteiger partial charge in [0.25, 0.3) is 0 Å². The predicted octanol–water partition coefficient (Wildman–Crippen LogP) is 3.07. The maximum Gasteiger partial charge on any atom is 0.0236 e. The van der Waals surface area contributed by atoms with Gasteiger partial charge in [-0.1, -0.05) is 38.1 Å². The molecule has 0 bridgehead atoms. The van der Waals surface area contributed by atoms with Crippen LogP contribution < -0.4 is 5.32 Å². The monoisotopic (exact) mass is 260 g/mol. The molecule has 106 valence electrons. The van der Waals surface area contributed by atoms with Crippen molar-refractivity contribution < 1.29 is 0 Å². The molecule has 1 fully saturated rings. The second-order valence-electron chi connectivity index (χ2n) is 6.56. The first kappa shape index (κ1) is 14.5. The largest absolute Gasteiger partial charge is 0.319 e. The highest BCUT2D eigenvalue weighted by molar-refractivity contribution is 5.27. The zero-order chi connectivity index (χ0) is 13.7. The van der Waals surface area contributed by atoms with E-state index in [4.69, 9.17) is 0 Å². The van der Waals surface area contributed by atoms with E-state index in [1.165, 1.54) is 37.1 Å². The summed E-state index contributed by atoms with van der Waals surface area (Å²) in [5, 5.41) is 3.24. The highest BCUT2D eigenvalue weighted by atomic mass is 15.1. The average molecular weight is 260 g/mol. The van der Waals surface area contributed by atoms with Crippen molar-refractivity contribution in [2.24, 2.45) is 5.41 Å². The van der Waals surface area contributed by atoms with Crippen molar-refractivity contribution in [3.63, 3.8) is 0 Å². The summed E-state index contributed by atoms with van der Waals surface area (Å²) in [6.07, 6.45) is 3.78. The Kier molecular flexibility index (Phi) is 5.00.